The number of carbonyl (C=O) groups excluding carboxylic acids is 1. The van der Waals surface area contributed by atoms with Crippen LogP contribution in [-0.2, 0) is 0 Å². The molecule has 2 aromatic carbocycles. The van der Waals surface area contributed by atoms with Gasteiger partial charge in [-0.15, -0.1) is 0 Å². The highest BCUT2D eigenvalue weighted by Crippen LogP contribution is 2.14. The summed E-state index contributed by atoms with van der Waals surface area (Å²) in [5, 5.41) is 13.3. The maximum atomic E-state index is 11.6. The Labute approximate surface area is 143 Å². The Morgan fingerprint density at radius 2 is 1.79 bits per heavy atom. The molecule has 0 aliphatic heterocycles. The molecule has 0 amide bonds. The zero-order chi connectivity index (χ0) is 17.4. The fourth-order valence-corrected chi connectivity index (χ4v) is 2.36. The van der Waals surface area contributed by atoms with Crippen molar-refractivity contribution >= 4 is 5.78 Å². The van der Waals surface area contributed by atoms with Crippen LogP contribution in [0.15, 0.2) is 54.6 Å². The first kappa shape index (κ1) is 18.2. The Bertz CT molecular complexity index is 625. The average molecular weight is 327 g/mol. The van der Waals surface area contributed by atoms with Gasteiger partial charge in [0.1, 0.15) is 18.5 Å². The van der Waals surface area contributed by atoms with E-state index in [2.05, 4.69) is 24.4 Å². The van der Waals surface area contributed by atoms with Crippen molar-refractivity contribution < 1.29 is 14.6 Å². The number of carbonyl (C=O) groups is 1. The maximum absolute atomic E-state index is 11.6. The van der Waals surface area contributed by atoms with Crippen LogP contribution in [-0.4, -0.2) is 30.1 Å². The Hall–Kier alpha value is -2.17. The summed E-state index contributed by atoms with van der Waals surface area (Å²) in [6, 6.07) is 17.3. The number of ether oxygens (including phenoxy) is 1. The minimum atomic E-state index is -0.604. The highest BCUT2D eigenvalue weighted by atomic mass is 16.5. The van der Waals surface area contributed by atoms with E-state index >= 15 is 0 Å². The maximum Gasteiger partial charge on any atom is 0.162 e. The summed E-state index contributed by atoms with van der Waals surface area (Å²) in [5.41, 5.74) is 1.87. The lowest BCUT2D eigenvalue weighted by atomic mass is 10.1. The van der Waals surface area contributed by atoms with Crippen LogP contribution in [0.5, 0.6) is 5.75 Å². The van der Waals surface area contributed by atoms with Gasteiger partial charge in [0, 0.05) is 24.6 Å². The lowest BCUT2D eigenvalue weighted by molar-refractivity contribution is 0.0986. The van der Waals surface area contributed by atoms with Crippen LogP contribution in [0.2, 0.25) is 0 Å². The van der Waals surface area contributed by atoms with Crippen molar-refractivity contribution in [2.45, 2.75) is 32.4 Å². The van der Waals surface area contributed by atoms with Crippen molar-refractivity contribution in [3.8, 4) is 5.75 Å². The number of rotatable bonds is 9. The third-order valence-corrected chi connectivity index (χ3v) is 3.90. The van der Waals surface area contributed by atoms with Crippen LogP contribution >= 0.6 is 0 Å². The minimum absolute atomic E-state index is 0.112. The quantitative estimate of drug-likeness (QED) is 0.693. The molecule has 0 fully saturated rings. The van der Waals surface area contributed by atoms with E-state index < -0.39 is 6.10 Å². The molecule has 0 radical (unpaired) electrons. The molecule has 0 aliphatic rings. The minimum Gasteiger partial charge on any atom is -0.491 e. The van der Waals surface area contributed by atoms with Crippen molar-refractivity contribution in [2.24, 2.45) is 0 Å². The number of Topliss-reactive ketones (excluding diaryl/α,β-unsaturated/α-hetero) is 1. The van der Waals surface area contributed by atoms with E-state index in [1.807, 2.05) is 25.1 Å². The molecule has 0 aliphatic carbocycles. The molecule has 128 valence electrons. The fourth-order valence-electron chi connectivity index (χ4n) is 2.36. The summed E-state index contributed by atoms with van der Waals surface area (Å²) in [5.74, 6) is 0.762. The predicted molar refractivity (Wildman–Crippen MR) is 95.4 cm³/mol. The van der Waals surface area contributed by atoms with Gasteiger partial charge >= 0.3 is 0 Å². The van der Waals surface area contributed by atoms with Crippen molar-refractivity contribution in [3.63, 3.8) is 0 Å². The number of nitrogens with one attached hydrogen (secondary N) is 1. The van der Waals surface area contributed by atoms with E-state index in [1.165, 1.54) is 5.56 Å². The predicted octanol–water partition coefficient (Wildman–Crippen LogP) is 3.37. The van der Waals surface area contributed by atoms with Gasteiger partial charge in [0.25, 0.3) is 0 Å². The third kappa shape index (κ3) is 5.48. The smallest absolute Gasteiger partial charge is 0.162 e. The number of hydrogen-bond donors (Lipinski definition) is 2. The molecule has 0 unspecified atom stereocenters. The molecule has 2 N–H and O–H groups in total. The van der Waals surface area contributed by atoms with Gasteiger partial charge in [-0.3, -0.25) is 4.79 Å². The molecule has 2 rings (SSSR count). The van der Waals surface area contributed by atoms with E-state index in [0.29, 0.717) is 24.3 Å². The zero-order valence-corrected chi connectivity index (χ0v) is 14.2. The van der Waals surface area contributed by atoms with Gasteiger partial charge in [-0.05, 0) is 36.8 Å². The van der Waals surface area contributed by atoms with E-state index in [-0.39, 0.29) is 18.4 Å². The first-order chi connectivity index (χ1) is 11.6. The lowest BCUT2D eigenvalue weighted by Gasteiger charge is -2.18. The summed E-state index contributed by atoms with van der Waals surface area (Å²) < 4.78 is 5.57. The van der Waals surface area contributed by atoms with Crippen LogP contribution in [0, 0.1) is 0 Å². The van der Waals surface area contributed by atoms with Crippen LogP contribution in [0.25, 0.3) is 0 Å². The van der Waals surface area contributed by atoms with Crippen LogP contribution in [0.3, 0.4) is 0 Å². The molecule has 0 spiro atoms. The number of ketones is 1. The van der Waals surface area contributed by atoms with Gasteiger partial charge in [-0.25, -0.2) is 0 Å². The van der Waals surface area contributed by atoms with Gasteiger partial charge in [-0.1, -0.05) is 37.3 Å². The second kappa shape index (κ2) is 9.21. The van der Waals surface area contributed by atoms with E-state index in [4.69, 9.17) is 4.74 Å². The summed E-state index contributed by atoms with van der Waals surface area (Å²) in [4.78, 5) is 11.6. The molecule has 4 nitrogen and oxygen atoms in total. The fraction of sp³-hybridized carbons (Fsp3) is 0.350. The van der Waals surface area contributed by atoms with Gasteiger partial charge in [-0.2, -0.15) is 0 Å². The zero-order valence-electron chi connectivity index (χ0n) is 14.2. The van der Waals surface area contributed by atoms with E-state index in [1.54, 1.807) is 24.3 Å². The molecule has 2 aromatic rings. The first-order valence-corrected chi connectivity index (χ1v) is 8.32. The van der Waals surface area contributed by atoms with Gasteiger partial charge < -0.3 is 15.2 Å². The number of hydrogen-bond acceptors (Lipinski definition) is 4. The summed E-state index contributed by atoms with van der Waals surface area (Å²) in [6.45, 7) is 4.55. The Morgan fingerprint density at radius 3 is 2.42 bits per heavy atom. The van der Waals surface area contributed by atoms with Crippen molar-refractivity contribution in [3.05, 3.63) is 65.7 Å². The number of aliphatic hydroxyl groups excluding tert-OH is 1. The van der Waals surface area contributed by atoms with Gasteiger partial charge in [0.15, 0.2) is 5.78 Å². The summed E-state index contributed by atoms with van der Waals surface area (Å²) >= 11 is 0. The Balaban J connectivity index is 1.75. The van der Waals surface area contributed by atoms with Crippen molar-refractivity contribution in [1.82, 2.24) is 5.32 Å². The topological polar surface area (TPSA) is 58.6 Å². The first-order valence-electron chi connectivity index (χ1n) is 8.32. The molecule has 4 heteroatoms. The second-order valence-electron chi connectivity index (χ2n) is 5.81. The average Bonchev–Trinajstić information content (AvgIpc) is 2.64. The highest BCUT2D eigenvalue weighted by Gasteiger charge is 2.10. The monoisotopic (exact) mass is 327 g/mol. The summed E-state index contributed by atoms with van der Waals surface area (Å²) in [6.07, 6.45) is -0.113. The summed E-state index contributed by atoms with van der Waals surface area (Å²) in [7, 11) is 0. The molecular formula is C20H25NO3. The van der Waals surface area contributed by atoms with Crippen LogP contribution in [0.1, 0.15) is 42.2 Å². The Morgan fingerprint density at radius 1 is 1.12 bits per heavy atom. The molecule has 0 heterocycles. The third-order valence-electron chi connectivity index (χ3n) is 3.90. The molecule has 0 bridgehead atoms. The van der Waals surface area contributed by atoms with Crippen LogP contribution in [0.4, 0.5) is 0 Å². The lowest BCUT2D eigenvalue weighted by Crippen LogP contribution is -2.33. The Kier molecular flexibility index (Phi) is 6.97. The number of aliphatic hydroxyl groups is 1. The molecule has 0 saturated carbocycles. The van der Waals surface area contributed by atoms with E-state index in [9.17, 15) is 9.90 Å². The normalized spacial score (nSPS) is 13.3. The SMILES string of the molecule is CCC(=O)c1ccc(OC[C@@H](O)CN[C@@H](C)c2ccccc2)cc1. The van der Waals surface area contributed by atoms with E-state index in [0.717, 1.165) is 0 Å². The van der Waals surface area contributed by atoms with Crippen molar-refractivity contribution in [1.29, 1.82) is 0 Å². The molecule has 2 atom stereocenters. The van der Waals surface area contributed by atoms with Gasteiger partial charge in [0.2, 0.25) is 0 Å². The largest absolute Gasteiger partial charge is 0.491 e. The van der Waals surface area contributed by atoms with Crippen LogP contribution < -0.4 is 10.1 Å². The molecule has 0 saturated heterocycles. The molecule has 24 heavy (non-hydrogen) atoms. The van der Waals surface area contributed by atoms with Gasteiger partial charge in [0.05, 0.1) is 0 Å². The molecular weight excluding hydrogens is 302 g/mol. The standard InChI is InChI=1S/C20H25NO3/c1-3-20(23)17-9-11-19(12-10-17)24-14-18(22)13-21-15(2)16-7-5-4-6-8-16/h4-12,15,18,21-22H,3,13-14H2,1-2H3/t15-,18-/m0/s1. The highest BCUT2D eigenvalue weighted by molar-refractivity contribution is 5.95. The number of benzene rings is 2. The van der Waals surface area contributed by atoms with Crippen molar-refractivity contribution in [2.75, 3.05) is 13.2 Å². The molecule has 0 aromatic heterocycles. The second-order valence-corrected chi connectivity index (χ2v) is 5.81.